The molecule has 7 nitrogen and oxygen atoms in total. The second kappa shape index (κ2) is 10.5. The zero-order valence-corrected chi connectivity index (χ0v) is 17.3. The number of halogens is 3. The van der Waals surface area contributed by atoms with E-state index in [9.17, 15) is 13.6 Å². The van der Waals surface area contributed by atoms with Crippen molar-refractivity contribution in [2.45, 2.75) is 33.3 Å². The van der Waals surface area contributed by atoms with Gasteiger partial charge in [0, 0.05) is 13.1 Å². The van der Waals surface area contributed by atoms with E-state index in [0.717, 1.165) is 25.9 Å². The summed E-state index contributed by atoms with van der Waals surface area (Å²) in [6, 6.07) is 6.05. The minimum Gasteiger partial charge on any atom is -0.435 e. The van der Waals surface area contributed by atoms with Crippen molar-refractivity contribution < 1.29 is 18.3 Å². The van der Waals surface area contributed by atoms with Crippen molar-refractivity contribution in [1.82, 2.24) is 25.2 Å². The lowest BCUT2D eigenvalue weighted by Gasteiger charge is -2.31. The fourth-order valence-corrected chi connectivity index (χ4v) is 3.38. The van der Waals surface area contributed by atoms with E-state index < -0.39 is 6.61 Å². The van der Waals surface area contributed by atoms with Gasteiger partial charge in [0.05, 0.1) is 11.4 Å². The Hall–Kier alpha value is -2.26. The van der Waals surface area contributed by atoms with Gasteiger partial charge in [0.25, 0.3) is 5.91 Å². The first-order valence-electron chi connectivity index (χ1n) is 9.47. The number of carbonyl (C=O) groups excluding carboxylic acids is 1. The average molecular weight is 430 g/mol. The van der Waals surface area contributed by atoms with E-state index in [1.54, 1.807) is 19.1 Å². The number of amides is 1. The molecule has 1 aliphatic heterocycles. The molecule has 0 saturated carbocycles. The molecule has 1 amide bonds. The molecule has 0 bridgehead atoms. The zero-order valence-electron chi connectivity index (χ0n) is 16.5. The summed E-state index contributed by atoms with van der Waals surface area (Å²) in [7, 11) is 0. The number of nitrogens with one attached hydrogen (secondary N) is 1. The van der Waals surface area contributed by atoms with Crippen LogP contribution >= 0.6 is 12.4 Å². The molecule has 1 aromatic carbocycles. The highest BCUT2D eigenvalue weighted by atomic mass is 35.5. The normalized spacial score (nSPS) is 14.7. The van der Waals surface area contributed by atoms with Crippen LogP contribution in [0.5, 0.6) is 5.75 Å². The van der Waals surface area contributed by atoms with Crippen molar-refractivity contribution >= 4 is 18.3 Å². The lowest BCUT2D eigenvalue weighted by atomic mass is 9.96. The molecule has 29 heavy (non-hydrogen) atoms. The molecule has 3 rings (SSSR count). The first-order chi connectivity index (χ1) is 13.5. The summed E-state index contributed by atoms with van der Waals surface area (Å²) in [6.45, 7) is 4.35. The van der Waals surface area contributed by atoms with Crippen molar-refractivity contribution in [3.63, 3.8) is 0 Å². The Labute approximate surface area is 174 Å². The van der Waals surface area contributed by atoms with Gasteiger partial charge in [-0.15, -0.1) is 17.5 Å². The summed E-state index contributed by atoms with van der Waals surface area (Å²) < 4.78 is 30.4. The average Bonchev–Trinajstić information content (AvgIpc) is 3.08. The third-order valence-electron chi connectivity index (χ3n) is 4.99. The Balaban J connectivity index is 0.00000300. The summed E-state index contributed by atoms with van der Waals surface area (Å²) in [5, 5.41) is 11.5. The van der Waals surface area contributed by atoms with Gasteiger partial charge in [-0.2, -0.15) is 8.78 Å². The van der Waals surface area contributed by atoms with Gasteiger partial charge in [-0.3, -0.25) is 4.79 Å². The second-order valence-electron chi connectivity index (χ2n) is 6.85. The Bertz CT molecular complexity index is 792. The number of carbonyl (C=O) groups is 1. The number of likely N-dealkylation sites (tertiary alicyclic amines) is 1. The molecule has 2 heterocycles. The Kier molecular flexibility index (Phi) is 8.33. The molecule has 0 aliphatic carbocycles. The van der Waals surface area contributed by atoms with Crippen LogP contribution in [0, 0.1) is 12.8 Å². The molecule has 0 unspecified atom stereocenters. The molecule has 0 atom stereocenters. The van der Waals surface area contributed by atoms with Crippen molar-refractivity contribution in [3.8, 4) is 11.4 Å². The standard InChI is InChI=1S/C19H25F2N5O2.ClH/c1-3-22-12-14-8-10-25(11-9-14)18(27)17-13(2)26(24-23-17)15-4-6-16(7-5-15)28-19(20)21;/h4-7,14,19,22H,3,8-12H2,1-2H3;1H. The molecular formula is C19H26ClF2N5O2. The van der Waals surface area contributed by atoms with E-state index in [-0.39, 0.29) is 24.1 Å². The lowest BCUT2D eigenvalue weighted by molar-refractivity contribution is -0.0498. The maximum absolute atomic E-state index is 12.9. The molecule has 1 fully saturated rings. The maximum Gasteiger partial charge on any atom is 0.387 e. The van der Waals surface area contributed by atoms with Crippen LogP contribution in [0.3, 0.4) is 0 Å². The van der Waals surface area contributed by atoms with Crippen molar-refractivity contribution in [3.05, 3.63) is 35.7 Å². The van der Waals surface area contributed by atoms with E-state index in [1.165, 1.54) is 16.8 Å². The number of piperidine rings is 1. The number of rotatable bonds is 7. The van der Waals surface area contributed by atoms with Crippen molar-refractivity contribution in [1.29, 1.82) is 0 Å². The second-order valence-corrected chi connectivity index (χ2v) is 6.85. The van der Waals surface area contributed by atoms with E-state index in [1.807, 2.05) is 4.90 Å². The van der Waals surface area contributed by atoms with E-state index in [4.69, 9.17) is 0 Å². The first-order valence-corrected chi connectivity index (χ1v) is 9.47. The van der Waals surface area contributed by atoms with Gasteiger partial charge < -0.3 is 15.0 Å². The molecule has 160 valence electrons. The first kappa shape index (κ1) is 23.0. The van der Waals surface area contributed by atoms with E-state index in [2.05, 4.69) is 27.3 Å². The molecule has 1 aromatic heterocycles. The smallest absolute Gasteiger partial charge is 0.387 e. The Morgan fingerprint density at radius 1 is 1.28 bits per heavy atom. The number of ether oxygens (including phenoxy) is 1. The number of nitrogens with zero attached hydrogens (tertiary/aromatic N) is 4. The zero-order chi connectivity index (χ0) is 20.1. The molecule has 1 saturated heterocycles. The Morgan fingerprint density at radius 2 is 1.93 bits per heavy atom. The van der Waals surface area contributed by atoms with Crippen LogP contribution in [0.2, 0.25) is 0 Å². The maximum atomic E-state index is 12.9. The number of hydrogen-bond donors (Lipinski definition) is 1. The highest BCUT2D eigenvalue weighted by molar-refractivity contribution is 5.93. The number of hydrogen-bond acceptors (Lipinski definition) is 5. The molecule has 0 radical (unpaired) electrons. The largest absolute Gasteiger partial charge is 0.435 e. The third kappa shape index (κ3) is 5.63. The van der Waals surface area contributed by atoms with Gasteiger partial charge in [-0.25, -0.2) is 4.68 Å². The van der Waals surface area contributed by atoms with E-state index >= 15 is 0 Å². The minimum absolute atomic E-state index is 0. The van der Waals surface area contributed by atoms with Crippen LogP contribution in [0.4, 0.5) is 8.78 Å². The van der Waals surface area contributed by atoms with Gasteiger partial charge in [0.15, 0.2) is 5.69 Å². The number of aromatic nitrogens is 3. The Morgan fingerprint density at radius 3 is 2.52 bits per heavy atom. The van der Waals surface area contributed by atoms with Gasteiger partial charge in [0.1, 0.15) is 5.75 Å². The monoisotopic (exact) mass is 429 g/mol. The fraction of sp³-hybridized carbons (Fsp3) is 0.526. The summed E-state index contributed by atoms with van der Waals surface area (Å²) in [5.41, 5.74) is 1.55. The van der Waals surface area contributed by atoms with Crippen LogP contribution in [0.25, 0.3) is 5.69 Å². The summed E-state index contributed by atoms with van der Waals surface area (Å²) in [5.74, 6) is 0.534. The quantitative estimate of drug-likeness (QED) is 0.732. The highest BCUT2D eigenvalue weighted by Crippen LogP contribution is 2.21. The SMILES string of the molecule is CCNCC1CCN(C(=O)c2nnn(-c3ccc(OC(F)F)cc3)c2C)CC1.Cl. The van der Waals surface area contributed by atoms with Crippen LogP contribution in [-0.4, -0.2) is 58.6 Å². The third-order valence-corrected chi connectivity index (χ3v) is 4.99. The lowest BCUT2D eigenvalue weighted by Crippen LogP contribution is -2.41. The fourth-order valence-electron chi connectivity index (χ4n) is 3.38. The molecule has 1 N–H and O–H groups in total. The summed E-state index contributed by atoms with van der Waals surface area (Å²) >= 11 is 0. The van der Waals surface area contributed by atoms with Gasteiger partial charge >= 0.3 is 6.61 Å². The highest BCUT2D eigenvalue weighted by Gasteiger charge is 2.27. The molecular weight excluding hydrogens is 404 g/mol. The molecule has 0 spiro atoms. The van der Waals surface area contributed by atoms with Crippen LogP contribution < -0.4 is 10.1 Å². The van der Waals surface area contributed by atoms with Gasteiger partial charge in [-0.05, 0) is 63.0 Å². The summed E-state index contributed by atoms with van der Waals surface area (Å²) in [4.78, 5) is 14.7. The molecule has 10 heteroatoms. The van der Waals surface area contributed by atoms with Crippen LogP contribution in [-0.2, 0) is 0 Å². The molecule has 2 aromatic rings. The minimum atomic E-state index is -2.87. The topological polar surface area (TPSA) is 72.3 Å². The van der Waals surface area contributed by atoms with Crippen molar-refractivity contribution in [2.24, 2.45) is 5.92 Å². The van der Waals surface area contributed by atoms with Gasteiger partial charge in [0.2, 0.25) is 0 Å². The molecule has 1 aliphatic rings. The van der Waals surface area contributed by atoms with Crippen LogP contribution in [0.1, 0.15) is 35.9 Å². The van der Waals surface area contributed by atoms with Crippen molar-refractivity contribution in [2.75, 3.05) is 26.2 Å². The number of benzene rings is 1. The predicted molar refractivity (Wildman–Crippen MR) is 107 cm³/mol. The predicted octanol–water partition coefficient (Wildman–Crippen LogP) is 3.06. The summed E-state index contributed by atoms with van der Waals surface area (Å²) in [6.07, 6.45) is 1.94. The van der Waals surface area contributed by atoms with Crippen LogP contribution in [0.15, 0.2) is 24.3 Å². The number of alkyl halides is 2. The van der Waals surface area contributed by atoms with Gasteiger partial charge in [-0.1, -0.05) is 12.1 Å². The van der Waals surface area contributed by atoms with E-state index in [0.29, 0.717) is 36.1 Å².